The van der Waals surface area contributed by atoms with E-state index in [0.29, 0.717) is 35.3 Å². The van der Waals surface area contributed by atoms with Crippen molar-refractivity contribution in [1.29, 1.82) is 0 Å². The molecule has 2 aromatic carbocycles. The predicted octanol–water partition coefficient (Wildman–Crippen LogP) is 3.38. The average Bonchev–Trinajstić information content (AvgIpc) is 3.14. The van der Waals surface area contributed by atoms with E-state index in [1.54, 1.807) is 18.2 Å². The SMILES string of the molecule is CCOc1ccc(NC(=O)/C=C/c2cc3c(cc2[N+](=O)[O-])OCO3)cc1OC. The molecule has 1 N–H and O–H groups in total. The van der Waals surface area contributed by atoms with E-state index in [1.165, 1.54) is 31.4 Å². The van der Waals surface area contributed by atoms with Crippen molar-refractivity contribution in [2.45, 2.75) is 6.92 Å². The molecule has 0 aromatic heterocycles. The zero-order chi connectivity index (χ0) is 20.1. The lowest BCUT2D eigenvalue weighted by atomic mass is 10.1. The highest BCUT2D eigenvalue weighted by atomic mass is 16.7. The maximum atomic E-state index is 12.2. The second-order valence-electron chi connectivity index (χ2n) is 5.64. The van der Waals surface area contributed by atoms with Crippen molar-refractivity contribution in [2.24, 2.45) is 0 Å². The standard InChI is InChI=1S/C19H18N2O7/c1-3-26-15-6-5-13(9-16(15)25-2)20-19(22)7-4-12-8-17-18(28-11-27-17)10-14(12)21(23)24/h4-10H,3,11H2,1-2H3,(H,20,22)/b7-4+. The number of carbonyl (C=O) groups is 1. The van der Waals surface area contributed by atoms with Gasteiger partial charge in [0.2, 0.25) is 12.7 Å². The van der Waals surface area contributed by atoms with E-state index in [4.69, 9.17) is 18.9 Å². The van der Waals surface area contributed by atoms with Crippen molar-refractivity contribution in [2.75, 3.05) is 25.8 Å². The van der Waals surface area contributed by atoms with Crippen LogP contribution in [0.15, 0.2) is 36.4 Å². The molecule has 1 aliphatic rings. The molecule has 9 heteroatoms. The van der Waals surface area contributed by atoms with Crippen molar-refractivity contribution in [1.82, 2.24) is 0 Å². The molecule has 0 spiro atoms. The summed E-state index contributed by atoms with van der Waals surface area (Å²) in [6.07, 6.45) is 2.55. The number of nitro groups is 1. The first kappa shape index (κ1) is 19.0. The Labute approximate surface area is 160 Å². The molecular formula is C19H18N2O7. The van der Waals surface area contributed by atoms with Crippen molar-refractivity contribution in [3.05, 3.63) is 52.1 Å². The van der Waals surface area contributed by atoms with Gasteiger partial charge >= 0.3 is 0 Å². The van der Waals surface area contributed by atoms with Crippen LogP contribution < -0.4 is 24.3 Å². The lowest BCUT2D eigenvalue weighted by molar-refractivity contribution is -0.385. The summed E-state index contributed by atoms with van der Waals surface area (Å²) in [4.78, 5) is 22.9. The first-order valence-corrected chi connectivity index (χ1v) is 8.39. The monoisotopic (exact) mass is 386 g/mol. The minimum Gasteiger partial charge on any atom is -0.493 e. The number of fused-ring (bicyclic) bond motifs is 1. The summed E-state index contributed by atoms with van der Waals surface area (Å²) in [5.41, 5.74) is 0.542. The second kappa shape index (κ2) is 8.30. The van der Waals surface area contributed by atoms with E-state index in [2.05, 4.69) is 5.32 Å². The Morgan fingerprint density at radius 1 is 1.25 bits per heavy atom. The third-order valence-electron chi connectivity index (χ3n) is 3.86. The maximum absolute atomic E-state index is 12.2. The molecule has 0 aliphatic carbocycles. The Hall–Kier alpha value is -3.75. The van der Waals surface area contributed by atoms with E-state index < -0.39 is 10.8 Å². The van der Waals surface area contributed by atoms with Crippen LogP contribution in [0.25, 0.3) is 6.08 Å². The first-order valence-electron chi connectivity index (χ1n) is 8.39. The van der Waals surface area contributed by atoms with Crippen molar-refractivity contribution < 1.29 is 28.7 Å². The van der Waals surface area contributed by atoms with Gasteiger partial charge in [-0.15, -0.1) is 0 Å². The van der Waals surface area contributed by atoms with Gasteiger partial charge in [-0.25, -0.2) is 0 Å². The number of rotatable bonds is 7. The zero-order valence-corrected chi connectivity index (χ0v) is 15.3. The highest BCUT2D eigenvalue weighted by Gasteiger charge is 2.22. The van der Waals surface area contributed by atoms with Gasteiger partial charge in [-0.05, 0) is 31.2 Å². The quantitative estimate of drug-likeness (QED) is 0.441. The van der Waals surface area contributed by atoms with E-state index in [0.717, 1.165) is 0 Å². The molecule has 0 radical (unpaired) electrons. The van der Waals surface area contributed by atoms with Crippen LogP contribution in [0.2, 0.25) is 0 Å². The third kappa shape index (κ3) is 4.14. The number of benzene rings is 2. The van der Waals surface area contributed by atoms with Gasteiger partial charge in [0.25, 0.3) is 5.69 Å². The Morgan fingerprint density at radius 2 is 2.00 bits per heavy atom. The van der Waals surface area contributed by atoms with Crippen LogP contribution in [0.3, 0.4) is 0 Å². The molecule has 1 amide bonds. The molecule has 0 atom stereocenters. The van der Waals surface area contributed by atoms with Crippen LogP contribution in [0, 0.1) is 10.1 Å². The fraction of sp³-hybridized carbons (Fsp3) is 0.211. The van der Waals surface area contributed by atoms with Crippen LogP contribution in [0.5, 0.6) is 23.0 Å². The van der Waals surface area contributed by atoms with E-state index >= 15 is 0 Å². The number of methoxy groups -OCH3 is 1. The maximum Gasteiger partial charge on any atom is 0.280 e. The fourth-order valence-electron chi connectivity index (χ4n) is 2.61. The Balaban J connectivity index is 1.76. The summed E-state index contributed by atoms with van der Waals surface area (Å²) in [6, 6.07) is 7.72. The first-order chi connectivity index (χ1) is 13.5. The van der Waals surface area contributed by atoms with Crippen LogP contribution in [0.1, 0.15) is 12.5 Å². The smallest absolute Gasteiger partial charge is 0.280 e. The number of anilines is 1. The fourth-order valence-corrected chi connectivity index (χ4v) is 2.61. The summed E-state index contributed by atoms with van der Waals surface area (Å²) < 4.78 is 21.0. The van der Waals surface area contributed by atoms with E-state index in [9.17, 15) is 14.9 Å². The molecule has 0 saturated carbocycles. The summed E-state index contributed by atoms with van der Waals surface area (Å²) in [5.74, 6) is 1.28. The molecule has 1 heterocycles. The minimum atomic E-state index is -0.545. The summed E-state index contributed by atoms with van der Waals surface area (Å²) in [5, 5.41) is 13.9. The molecule has 0 bridgehead atoms. The number of ether oxygens (including phenoxy) is 4. The summed E-state index contributed by atoms with van der Waals surface area (Å²) in [7, 11) is 1.50. The highest BCUT2D eigenvalue weighted by Crippen LogP contribution is 2.38. The molecular weight excluding hydrogens is 368 g/mol. The zero-order valence-electron chi connectivity index (χ0n) is 15.3. The van der Waals surface area contributed by atoms with Crippen LogP contribution in [0.4, 0.5) is 11.4 Å². The van der Waals surface area contributed by atoms with Crippen LogP contribution in [-0.2, 0) is 4.79 Å². The molecule has 2 aromatic rings. The highest BCUT2D eigenvalue weighted by molar-refractivity contribution is 6.02. The minimum absolute atomic E-state index is 0.000283. The molecule has 3 rings (SSSR count). The largest absolute Gasteiger partial charge is 0.493 e. The third-order valence-corrected chi connectivity index (χ3v) is 3.86. The number of nitro benzene ring substituents is 1. The van der Waals surface area contributed by atoms with Gasteiger partial charge in [0.15, 0.2) is 23.0 Å². The topological polar surface area (TPSA) is 109 Å². The summed E-state index contributed by atoms with van der Waals surface area (Å²) in [6.45, 7) is 2.34. The number of nitrogens with one attached hydrogen (secondary N) is 1. The predicted molar refractivity (Wildman–Crippen MR) is 101 cm³/mol. The number of amides is 1. The number of hydrogen-bond donors (Lipinski definition) is 1. The number of nitrogens with zero attached hydrogens (tertiary/aromatic N) is 1. The van der Waals surface area contributed by atoms with Gasteiger partial charge in [0.05, 0.1) is 30.3 Å². The average molecular weight is 386 g/mol. The van der Waals surface area contributed by atoms with Crippen molar-refractivity contribution in [3.63, 3.8) is 0 Å². The molecule has 0 fully saturated rings. The second-order valence-corrected chi connectivity index (χ2v) is 5.64. The lowest BCUT2D eigenvalue weighted by Gasteiger charge is -2.11. The summed E-state index contributed by atoms with van der Waals surface area (Å²) >= 11 is 0. The number of hydrogen-bond acceptors (Lipinski definition) is 7. The van der Waals surface area contributed by atoms with E-state index in [1.807, 2.05) is 6.92 Å². The van der Waals surface area contributed by atoms with Crippen LogP contribution >= 0.6 is 0 Å². The Morgan fingerprint density at radius 3 is 2.68 bits per heavy atom. The van der Waals surface area contributed by atoms with Gasteiger partial charge in [0.1, 0.15) is 0 Å². The number of carbonyl (C=O) groups excluding carboxylic acids is 1. The van der Waals surface area contributed by atoms with Gasteiger partial charge in [-0.3, -0.25) is 14.9 Å². The van der Waals surface area contributed by atoms with E-state index in [-0.39, 0.29) is 18.0 Å². The van der Waals surface area contributed by atoms with Gasteiger partial charge in [0, 0.05) is 17.8 Å². The van der Waals surface area contributed by atoms with Gasteiger partial charge < -0.3 is 24.3 Å². The molecule has 0 saturated heterocycles. The van der Waals surface area contributed by atoms with Crippen LogP contribution in [-0.4, -0.2) is 31.3 Å². The van der Waals surface area contributed by atoms with Gasteiger partial charge in [-0.1, -0.05) is 0 Å². The molecule has 0 unspecified atom stereocenters. The lowest BCUT2D eigenvalue weighted by Crippen LogP contribution is -2.08. The van der Waals surface area contributed by atoms with Crippen molar-refractivity contribution in [3.8, 4) is 23.0 Å². The normalized spacial score (nSPS) is 12.1. The van der Waals surface area contributed by atoms with Crippen molar-refractivity contribution >= 4 is 23.4 Å². The molecule has 1 aliphatic heterocycles. The molecule has 9 nitrogen and oxygen atoms in total. The molecule has 28 heavy (non-hydrogen) atoms. The Bertz CT molecular complexity index is 940. The Kier molecular flexibility index (Phi) is 5.64. The molecule has 146 valence electrons. The van der Waals surface area contributed by atoms with Gasteiger partial charge in [-0.2, -0.15) is 0 Å².